The Morgan fingerprint density at radius 1 is 1.12 bits per heavy atom. The lowest BCUT2D eigenvalue weighted by Crippen LogP contribution is -2.43. The van der Waals surface area contributed by atoms with Crippen molar-refractivity contribution in [1.29, 1.82) is 0 Å². The van der Waals surface area contributed by atoms with Gasteiger partial charge in [-0.15, -0.1) is 0 Å². The summed E-state index contributed by atoms with van der Waals surface area (Å²) in [5.74, 6) is 0.206. The fraction of sp³-hybridized carbons (Fsp3) is 0.360. The maximum Gasteiger partial charge on any atom is 0.231 e. The highest BCUT2D eigenvalue weighted by Crippen LogP contribution is 2.52. The summed E-state index contributed by atoms with van der Waals surface area (Å²) in [5, 5.41) is 3.00. The summed E-state index contributed by atoms with van der Waals surface area (Å²) in [6, 6.07) is 13.8. The maximum absolute atomic E-state index is 13.4. The number of likely N-dealkylation sites (tertiary alicyclic amines) is 1. The second kappa shape index (κ2) is 7.10. The van der Waals surface area contributed by atoms with Gasteiger partial charge in [-0.25, -0.2) is 0 Å². The molecule has 1 unspecified atom stereocenters. The number of nitrogens with one attached hydrogen (secondary N) is 1. The molecule has 6 rings (SSSR count). The first-order chi connectivity index (χ1) is 15.5. The molecule has 0 aromatic heterocycles. The van der Waals surface area contributed by atoms with Crippen LogP contribution in [0.15, 0.2) is 54.6 Å². The van der Waals surface area contributed by atoms with Gasteiger partial charge in [0.15, 0.2) is 11.5 Å². The largest absolute Gasteiger partial charge is 0.454 e. The topological polar surface area (TPSA) is 77.1 Å². The van der Waals surface area contributed by atoms with Crippen molar-refractivity contribution < 1.29 is 23.8 Å². The van der Waals surface area contributed by atoms with Crippen molar-refractivity contribution in [2.45, 2.75) is 31.7 Å². The van der Waals surface area contributed by atoms with Gasteiger partial charge in [-0.05, 0) is 30.2 Å². The Morgan fingerprint density at radius 3 is 2.75 bits per heavy atom. The molecule has 0 saturated carbocycles. The van der Waals surface area contributed by atoms with Crippen LogP contribution >= 0.6 is 0 Å². The third kappa shape index (κ3) is 2.99. The maximum atomic E-state index is 13.4. The van der Waals surface area contributed by atoms with Crippen LogP contribution in [0.5, 0.6) is 11.5 Å². The number of aryl methyl sites for hydroxylation is 1. The summed E-state index contributed by atoms with van der Waals surface area (Å²) in [6.07, 6.45) is 3.56. The molecule has 1 spiro atoms. The number of amides is 2. The van der Waals surface area contributed by atoms with Gasteiger partial charge in [0.1, 0.15) is 5.60 Å². The molecule has 32 heavy (non-hydrogen) atoms. The first-order valence-corrected chi connectivity index (χ1v) is 10.9. The van der Waals surface area contributed by atoms with Gasteiger partial charge in [-0.3, -0.25) is 9.59 Å². The lowest BCUT2D eigenvalue weighted by Gasteiger charge is -2.23. The Labute approximate surface area is 185 Å². The Hall–Kier alpha value is -3.32. The summed E-state index contributed by atoms with van der Waals surface area (Å²) >= 11 is 0. The average molecular weight is 432 g/mol. The zero-order valence-electron chi connectivity index (χ0n) is 17.7. The van der Waals surface area contributed by atoms with Gasteiger partial charge in [-0.1, -0.05) is 48.0 Å². The number of nitrogens with zero attached hydrogens (tertiary/aromatic N) is 1. The molecule has 1 N–H and O–H groups in total. The van der Waals surface area contributed by atoms with Crippen molar-refractivity contribution in [2.24, 2.45) is 11.8 Å². The van der Waals surface area contributed by atoms with E-state index in [1.807, 2.05) is 66.4 Å². The zero-order valence-corrected chi connectivity index (χ0v) is 17.7. The van der Waals surface area contributed by atoms with E-state index in [4.69, 9.17) is 14.2 Å². The first kappa shape index (κ1) is 19.4. The Morgan fingerprint density at radius 2 is 1.91 bits per heavy atom. The predicted molar refractivity (Wildman–Crippen MR) is 115 cm³/mol. The second-order valence-electron chi connectivity index (χ2n) is 8.99. The molecule has 0 aliphatic carbocycles. The molecule has 4 aliphatic rings. The van der Waals surface area contributed by atoms with Gasteiger partial charge >= 0.3 is 0 Å². The molecule has 4 aliphatic heterocycles. The van der Waals surface area contributed by atoms with E-state index in [0.717, 1.165) is 11.1 Å². The van der Waals surface area contributed by atoms with Crippen molar-refractivity contribution in [3.8, 4) is 11.5 Å². The third-order valence-electron chi connectivity index (χ3n) is 6.88. The van der Waals surface area contributed by atoms with Gasteiger partial charge in [0.05, 0.1) is 24.5 Å². The Balaban J connectivity index is 1.17. The molecule has 2 amide bonds. The monoisotopic (exact) mass is 432 g/mol. The van der Waals surface area contributed by atoms with Crippen LogP contribution < -0.4 is 14.8 Å². The fourth-order valence-electron chi connectivity index (χ4n) is 5.28. The Bertz CT molecular complexity index is 1130. The van der Waals surface area contributed by atoms with Crippen molar-refractivity contribution in [3.63, 3.8) is 0 Å². The predicted octanol–water partition coefficient (Wildman–Crippen LogP) is 2.32. The normalized spacial score (nSPS) is 29.0. The van der Waals surface area contributed by atoms with Crippen LogP contribution in [0.4, 0.5) is 0 Å². The average Bonchev–Trinajstić information content (AvgIpc) is 3.54. The lowest BCUT2D eigenvalue weighted by molar-refractivity contribution is -0.137. The fourth-order valence-corrected chi connectivity index (χ4v) is 5.28. The van der Waals surface area contributed by atoms with Gasteiger partial charge in [0, 0.05) is 13.1 Å². The van der Waals surface area contributed by atoms with E-state index in [9.17, 15) is 9.59 Å². The number of rotatable bonds is 5. The quantitative estimate of drug-likeness (QED) is 0.734. The number of carbonyl (C=O) groups excluding carboxylic acids is 2. The van der Waals surface area contributed by atoms with Gasteiger partial charge in [0.25, 0.3) is 0 Å². The highest BCUT2D eigenvalue weighted by molar-refractivity contribution is 5.93. The molecule has 2 bridgehead atoms. The molecule has 0 radical (unpaired) electrons. The van der Waals surface area contributed by atoms with Crippen molar-refractivity contribution in [3.05, 3.63) is 71.3 Å². The van der Waals surface area contributed by atoms with Gasteiger partial charge in [-0.2, -0.15) is 0 Å². The summed E-state index contributed by atoms with van der Waals surface area (Å²) < 4.78 is 17.0. The van der Waals surface area contributed by atoms with Gasteiger partial charge in [0.2, 0.25) is 18.6 Å². The second-order valence-corrected chi connectivity index (χ2v) is 8.99. The highest BCUT2D eigenvalue weighted by atomic mass is 16.7. The van der Waals surface area contributed by atoms with E-state index in [-0.39, 0.29) is 24.7 Å². The molecule has 2 saturated heterocycles. The summed E-state index contributed by atoms with van der Waals surface area (Å²) in [4.78, 5) is 28.4. The van der Waals surface area contributed by atoms with Crippen LogP contribution in [0.3, 0.4) is 0 Å². The molecule has 2 fully saturated rings. The van der Waals surface area contributed by atoms with E-state index < -0.39 is 17.4 Å². The van der Waals surface area contributed by atoms with Crippen LogP contribution in [0.2, 0.25) is 0 Å². The molecule has 4 heterocycles. The number of hydrogen-bond acceptors (Lipinski definition) is 5. The van der Waals surface area contributed by atoms with Crippen LogP contribution in [-0.2, 0) is 27.4 Å². The van der Waals surface area contributed by atoms with Crippen molar-refractivity contribution in [2.75, 3.05) is 13.3 Å². The van der Waals surface area contributed by atoms with Gasteiger partial charge < -0.3 is 24.4 Å². The van der Waals surface area contributed by atoms with Crippen LogP contribution in [0.25, 0.3) is 0 Å². The molecule has 7 nitrogen and oxygen atoms in total. The minimum atomic E-state index is -0.701. The van der Waals surface area contributed by atoms with Crippen molar-refractivity contribution >= 4 is 11.8 Å². The van der Waals surface area contributed by atoms with E-state index in [1.165, 1.54) is 5.56 Å². The molecule has 164 valence electrons. The van der Waals surface area contributed by atoms with Crippen LogP contribution in [0.1, 0.15) is 16.7 Å². The SMILES string of the molecule is Cc1ccc(CN2C[C@]34C=C[C@H](O3)C(C(=O)NCc3ccc5c(c3)OCO5)[C@H]4C2=O)cc1. The minimum absolute atomic E-state index is 0.0133. The lowest BCUT2D eigenvalue weighted by atomic mass is 9.77. The minimum Gasteiger partial charge on any atom is -0.454 e. The standard InChI is InChI=1S/C25H24N2O5/c1-15-2-4-16(5-3-15)12-27-13-25-9-8-19(32-25)21(22(25)24(27)29)23(28)26-11-17-6-7-18-20(10-17)31-14-30-18/h2-10,19,21-22H,11-14H2,1H3,(H,26,28)/t19-,21?,22-,25-/m0/s1. The van der Waals surface area contributed by atoms with Crippen molar-refractivity contribution in [1.82, 2.24) is 10.2 Å². The van der Waals surface area contributed by atoms with E-state index in [2.05, 4.69) is 5.32 Å². The molecular weight excluding hydrogens is 408 g/mol. The highest BCUT2D eigenvalue weighted by Gasteiger charge is 2.66. The number of benzene rings is 2. The Kier molecular flexibility index (Phi) is 4.30. The smallest absolute Gasteiger partial charge is 0.231 e. The first-order valence-electron chi connectivity index (χ1n) is 10.9. The van der Waals surface area contributed by atoms with Crippen LogP contribution in [-0.4, -0.2) is 41.8 Å². The van der Waals surface area contributed by atoms with E-state index >= 15 is 0 Å². The van der Waals surface area contributed by atoms with E-state index in [0.29, 0.717) is 31.1 Å². The number of ether oxygens (including phenoxy) is 3. The summed E-state index contributed by atoms with van der Waals surface area (Å²) in [6.45, 7) is 3.60. The van der Waals surface area contributed by atoms with Crippen LogP contribution in [0, 0.1) is 18.8 Å². The summed E-state index contributed by atoms with van der Waals surface area (Å²) in [5.41, 5.74) is 2.46. The zero-order chi connectivity index (χ0) is 21.9. The molecular formula is C25H24N2O5. The molecule has 2 aromatic carbocycles. The molecule has 2 aromatic rings. The number of fused-ring (bicyclic) bond motifs is 2. The summed E-state index contributed by atoms with van der Waals surface area (Å²) in [7, 11) is 0. The third-order valence-corrected chi connectivity index (χ3v) is 6.88. The molecule has 7 heteroatoms. The van der Waals surface area contributed by atoms with E-state index in [1.54, 1.807) is 0 Å². The number of hydrogen-bond donors (Lipinski definition) is 1. The number of carbonyl (C=O) groups is 2. The molecule has 4 atom stereocenters.